The summed E-state index contributed by atoms with van der Waals surface area (Å²) in [5.41, 5.74) is 0. The van der Waals surface area contributed by atoms with Gasteiger partial charge in [-0.2, -0.15) is 0 Å². The van der Waals surface area contributed by atoms with Gasteiger partial charge in [0.15, 0.2) is 12.2 Å². The van der Waals surface area contributed by atoms with Crippen LogP contribution in [0.2, 0.25) is 0 Å². The third kappa shape index (κ3) is 67.0. The van der Waals surface area contributed by atoms with E-state index in [1.165, 1.54) is 193 Å². The first-order chi connectivity index (χ1) is 44.9. The van der Waals surface area contributed by atoms with Gasteiger partial charge < -0.3 is 33.8 Å². The van der Waals surface area contributed by atoms with Crippen LogP contribution in [0.3, 0.4) is 0 Å². The number of hydrogen-bond donors (Lipinski definition) is 3. The molecule has 0 radical (unpaired) electrons. The smallest absolute Gasteiger partial charge is 0.462 e. The minimum Gasteiger partial charge on any atom is -0.462 e. The minimum absolute atomic E-state index is 0.103. The number of rotatable bonds is 73. The first-order valence-corrected chi connectivity index (χ1v) is 41.5. The lowest BCUT2D eigenvalue weighted by molar-refractivity contribution is -0.161. The summed E-state index contributed by atoms with van der Waals surface area (Å²) in [6.07, 6.45) is 52.9. The van der Waals surface area contributed by atoms with Crippen molar-refractivity contribution in [2.45, 2.75) is 400 Å². The van der Waals surface area contributed by atoms with Crippen molar-refractivity contribution in [3.63, 3.8) is 0 Å². The molecule has 0 saturated heterocycles. The number of carbonyl (C=O) groups excluding carboxylic acids is 4. The molecule has 0 heterocycles. The van der Waals surface area contributed by atoms with E-state index in [1.807, 2.05) is 0 Å². The van der Waals surface area contributed by atoms with Gasteiger partial charge in [0.05, 0.1) is 26.4 Å². The van der Waals surface area contributed by atoms with Gasteiger partial charge in [0.1, 0.15) is 19.3 Å². The van der Waals surface area contributed by atoms with Crippen LogP contribution in [0.15, 0.2) is 0 Å². The van der Waals surface area contributed by atoms with Crippen LogP contribution >= 0.6 is 15.6 Å². The molecule has 0 saturated carbocycles. The topological polar surface area (TPSA) is 237 Å². The van der Waals surface area contributed by atoms with Crippen molar-refractivity contribution in [1.82, 2.24) is 0 Å². The fourth-order valence-corrected chi connectivity index (χ4v) is 12.8. The third-order valence-corrected chi connectivity index (χ3v) is 19.5. The third-order valence-electron chi connectivity index (χ3n) is 17.6. The number of phosphoric acid groups is 2. The summed E-state index contributed by atoms with van der Waals surface area (Å²) in [7, 11) is -9.90. The van der Waals surface area contributed by atoms with E-state index in [0.29, 0.717) is 25.7 Å². The van der Waals surface area contributed by atoms with Crippen LogP contribution in [0.1, 0.15) is 382 Å². The number of esters is 4. The standard InChI is InChI=1S/C74H144O17P2/c1-7-10-12-14-16-18-19-20-21-25-28-31-34-38-45-51-57-72(77)85-62-69(90-73(78)58-52-46-39-35-32-29-26-23-22-24-27-30-33-36-42-48-54-66(4)5)64-88-92(80,81)86-60-68(75)61-87-93(82,83)89-65-70(63-84-71(76)56-50-44-37-17-15-13-11-8-2)91-74(79)59-53-47-41-40-43-49-55-67(6)9-3/h66-70,75H,7-65H2,1-6H3,(H,80,81)(H,82,83)/t67?,68-,69-,70-/m1/s1. The second-order valence-electron chi connectivity index (χ2n) is 27.4. The van der Waals surface area contributed by atoms with Crippen molar-refractivity contribution < 1.29 is 80.2 Å². The maximum atomic E-state index is 13.1. The average molecular weight is 1370 g/mol. The number of ether oxygens (including phenoxy) is 4. The van der Waals surface area contributed by atoms with Gasteiger partial charge in [0.25, 0.3) is 0 Å². The van der Waals surface area contributed by atoms with Crippen molar-refractivity contribution in [2.75, 3.05) is 39.6 Å². The van der Waals surface area contributed by atoms with E-state index < -0.39 is 97.5 Å². The molecule has 3 unspecified atom stereocenters. The highest BCUT2D eigenvalue weighted by molar-refractivity contribution is 7.47. The monoisotopic (exact) mass is 1370 g/mol. The molecule has 552 valence electrons. The van der Waals surface area contributed by atoms with E-state index in [9.17, 15) is 43.2 Å². The molecule has 0 amide bonds. The molecule has 93 heavy (non-hydrogen) atoms. The Labute approximate surface area is 568 Å². The number of unbranched alkanes of at least 4 members (excludes halogenated alkanes) is 42. The van der Waals surface area contributed by atoms with Gasteiger partial charge in [-0.3, -0.25) is 37.3 Å². The van der Waals surface area contributed by atoms with Gasteiger partial charge in [-0.05, 0) is 37.5 Å². The summed E-state index contributed by atoms with van der Waals surface area (Å²) in [5, 5.41) is 10.6. The first-order valence-electron chi connectivity index (χ1n) is 38.5. The molecular formula is C74H144O17P2. The Bertz CT molecular complexity index is 1810. The van der Waals surface area contributed by atoms with Crippen LogP contribution in [0.25, 0.3) is 0 Å². The summed E-state index contributed by atoms with van der Waals surface area (Å²) >= 11 is 0. The number of hydrogen-bond acceptors (Lipinski definition) is 15. The van der Waals surface area contributed by atoms with Gasteiger partial charge >= 0.3 is 39.5 Å². The lowest BCUT2D eigenvalue weighted by Crippen LogP contribution is -2.30. The predicted octanol–water partition coefficient (Wildman–Crippen LogP) is 21.6. The first kappa shape index (κ1) is 91.1. The van der Waals surface area contributed by atoms with Crippen LogP contribution in [0.4, 0.5) is 0 Å². The van der Waals surface area contributed by atoms with Gasteiger partial charge in [-0.25, -0.2) is 9.13 Å². The molecule has 0 aliphatic heterocycles. The van der Waals surface area contributed by atoms with Gasteiger partial charge in [-0.15, -0.1) is 0 Å². The Balaban J connectivity index is 5.20. The summed E-state index contributed by atoms with van der Waals surface area (Å²) < 4.78 is 68.3. The maximum Gasteiger partial charge on any atom is 0.472 e. The minimum atomic E-state index is -4.96. The summed E-state index contributed by atoms with van der Waals surface area (Å²) in [6.45, 7) is 9.53. The van der Waals surface area contributed by atoms with Crippen LogP contribution in [0, 0.1) is 11.8 Å². The van der Waals surface area contributed by atoms with Crippen molar-refractivity contribution >= 4 is 39.5 Å². The van der Waals surface area contributed by atoms with E-state index in [1.54, 1.807) is 0 Å². The molecule has 0 fully saturated rings. The highest BCUT2D eigenvalue weighted by Gasteiger charge is 2.30. The Morgan fingerprint density at radius 2 is 0.548 bits per heavy atom. The Kier molecular flexibility index (Phi) is 64.6. The number of aliphatic hydroxyl groups excluding tert-OH is 1. The largest absolute Gasteiger partial charge is 0.472 e. The van der Waals surface area contributed by atoms with E-state index in [4.69, 9.17) is 37.0 Å². The Morgan fingerprint density at radius 1 is 0.312 bits per heavy atom. The number of phosphoric ester groups is 2. The van der Waals surface area contributed by atoms with Crippen LogP contribution < -0.4 is 0 Å². The zero-order chi connectivity index (χ0) is 68.6. The lowest BCUT2D eigenvalue weighted by atomic mass is 10.00. The molecule has 0 aromatic carbocycles. The van der Waals surface area contributed by atoms with Crippen molar-refractivity contribution in [3.05, 3.63) is 0 Å². The number of aliphatic hydroxyl groups is 1. The molecular weight excluding hydrogens is 1220 g/mol. The van der Waals surface area contributed by atoms with Crippen molar-refractivity contribution in [3.8, 4) is 0 Å². The highest BCUT2D eigenvalue weighted by atomic mass is 31.2. The second kappa shape index (κ2) is 66.0. The molecule has 0 bridgehead atoms. The van der Waals surface area contributed by atoms with E-state index in [-0.39, 0.29) is 25.7 Å². The normalized spacial score (nSPS) is 14.3. The highest BCUT2D eigenvalue weighted by Crippen LogP contribution is 2.45. The average Bonchev–Trinajstić information content (AvgIpc) is 2.29. The SMILES string of the molecule is CCCCCCCCCCCCCCCCCCC(=O)OC[C@H](COP(=O)(O)OC[C@@H](O)COP(=O)(O)OC[C@@H](COC(=O)CCCCCCCCCC)OC(=O)CCCCCCCCC(C)CC)OC(=O)CCCCCCCCCCCCCCCCCCC(C)C. The molecule has 17 nitrogen and oxygen atoms in total. The molecule has 3 N–H and O–H groups in total. The van der Waals surface area contributed by atoms with E-state index in [0.717, 1.165) is 108 Å². The zero-order valence-corrected chi connectivity index (χ0v) is 62.3. The zero-order valence-electron chi connectivity index (χ0n) is 60.6. The van der Waals surface area contributed by atoms with Crippen LogP contribution in [-0.4, -0.2) is 96.7 Å². The van der Waals surface area contributed by atoms with Crippen LogP contribution in [-0.2, 0) is 65.4 Å². The van der Waals surface area contributed by atoms with E-state index in [2.05, 4.69) is 41.5 Å². The summed E-state index contributed by atoms with van der Waals surface area (Å²) in [4.78, 5) is 72.6. The van der Waals surface area contributed by atoms with Gasteiger partial charge in [0.2, 0.25) is 0 Å². The molecule has 0 spiro atoms. The van der Waals surface area contributed by atoms with Crippen molar-refractivity contribution in [2.24, 2.45) is 11.8 Å². The number of carbonyl (C=O) groups is 4. The quantitative estimate of drug-likeness (QED) is 0.0222. The fraction of sp³-hybridized carbons (Fsp3) is 0.946. The Hall–Kier alpha value is -1.94. The second-order valence-corrected chi connectivity index (χ2v) is 30.3. The van der Waals surface area contributed by atoms with Crippen LogP contribution in [0.5, 0.6) is 0 Å². The maximum absolute atomic E-state index is 13.1. The fourth-order valence-electron chi connectivity index (χ4n) is 11.3. The lowest BCUT2D eigenvalue weighted by Gasteiger charge is -2.21. The van der Waals surface area contributed by atoms with Crippen molar-refractivity contribution in [1.29, 1.82) is 0 Å². The van der Waals surface area contributed by atoms with Gasteiger partial charge in [-0.1, -0.05) is 330 Å². The Morgan fingerprint density at radius 3 is 0.817 bits per heavy atom. The van der Waals surface area contributed by atoms with E-state index >= 15 is 0 Å². The molecule has 0 aliphatic carbocycles. The summed E-state index contributed by atoms with van der Waals surface area (Å²) in [6, 6.07) is 0. The predicted molar refractivity (Wildman–Crippen MR) is 377 cm³/mol. The van der Waals surface area contributed by atoms with Gasteiger partial charge in [0, 0.05) is 25.7 Å². The molecule has 0 aliphatic rings. The molecule has 6 atom stereocenters. The molecule has 0 aromatic rings. The molecule has 0 rings (SSSR count). The summed E-state index contributed by atoms with van der Waals surface area (Å²) in [5.74, 6) is -0.594. The molecule has 0 aromatic heterocycles. The molecule has 19 heteroatoms.